The summed E-state index contributed by atoms with van der Waals surface area (Å²) in [4.78, 5) is 0. The van der Waals surface area contributed by atoms with Crippen molar-refractivity contribution >= 4 is 0 Å². The Bertz CT molecular complexity index is 403. The predicted molar refractivity (Wildman–Crippen MR) is 50.6 cm³/mol. The molecule has 0 aliphatic heterocycles. The maximum Gasteiger partial charge on any atom is 0.413 e. The molecule has 1 aromatic heterocycles. The molecule has 1 aromatic rings. The number of aryl methyl sites for hydroxylation is 1. The lowest BCUT2D eigenvalue weighted by atomic mass is 10.0. The van der Waals surface area contributed by atoms with Crippen LogP contribution in [0.1, 0.15) is 37.5 Å². The van der Waals surface area contributed by atoms with Crippen molar-refractivity contribution in [2.45, 2.75) is 44.4 Å². The molecule has 0 radical (unpaired) electrons. The van der Waals surface area contributed by atoms with E-state index in [1.807, 2.05) is 0 Å². The Morgan fingerprint density at radius 1 is 1.31 bits per heavy atom. The first-order valence-electron chi connectivity index (χ1n) is 5.02. The van der Waals surface area contributed by atoms with Crippen molar-refractivity contribution in [3.8, 4) is 0 Å². The molecule has 0 saturated heterocycles. The van der Waals surface area contributed by atoms with Crippen molar-refractivity contribution in [2.75, 3.05) is 0 Å². The van der Waals surface area contributed by atoms with Gasteiger partial charge in [-0.05, 0) is 26.7 Å². The number of hydrogen-bond donors (Lipinski definition) is 1. The highest BCUT2D eigenvalue weighted by Crippen LogP contribution is 2.42. The first-order chi connectivity index (χ1) is 7.25. The fourth-order valence-electron chi connectivity index (χ4n) is 1.62. The zero-order valence-electron chi connectivity index (χ0n) is 9.04. The van der Waals surface area contributed by atoms with Crippen LogP contribution in [-0.2, 0) is 5.54 Å². The molecule has 4 nitrogen and oxygen atoms in total. The Morgan fingerprint density at radius 2 is 1.88 bits per heavy atom. The van der Waals surface area contributed by atoms with E-state index in [-0.39, 0.29) is 11.9 Å². The van der Waals surface area contributed by atoms with Crippen LogP contribution in [0.3, 0.4) is 0 Å². The van der Waals surface area contributed by atoms with Crippen molar-refractivity contribution < 1.29 is 13.2 Å². The largest absolute Gasteiger partial charge is 0.413 e. The van der Waals surface area contributed by atoms with Crippen LogP contribution >= 0.6 is 0 Å². The fourth-order valence-corrected chi connectivity index (χ4v) is 1.62. The first kappa shape index (κ1) is 11.4. The topological polar surface area (TPSA) is 56.7 Å². The van der Waals surface area contributed by atoms with E-state index in [0.29, 0.717) is 5.82 Å². The summed E-state index contributed by atoms with van der Waals surface area (Å²) in [6.07, 6.45) is -2.81. The van der Waals surface area contributed by atoms with Gasteiger partial charge in [0.25, 0.3) is 0 Å². The van der Waals surface area contributed by atoms with E-state index in [9.17, 15) is 13.2 Å². The van der Waals surface area contributed by atoms with Crippen molar-refractivity contribution in [1.82, 2.24) is 14.8 Å². The minimum Gasteiger partial charge on any atom is -0.311 e. The quantitative estimate of drug-likeness (QED) is 0.846. The van der Waals surface area contributed by atoms with Crippen LogP contribution in [0.4, 0.5) is 13.2 Å². The number of nitrogens with zero attached hydrogens (tertiary/aromatic N) is 3. The molecule has 1 aliphatic rings. The van der Waals surface area contributed by atoms with Crippen LogP contribution in [0.5, 0.6) is 0 Å². The van der Waals surface area contributed by atoms with E-state index in [2.05, 4.69) is 10.2 Å². The van der Waals surface area contributed by atoms with Gasteiger partial charge >= 0.3 is 6.18 Å². The van der Waals surface area contributed by atoms with E-state index in [4.69, 9.17) is 5.73 Å². The van der Waals surface area contributed by atoms with Crippen molar-refractivity contribution in [1.29, 1.82) is 0 Å². The third kappa shape index (κ3) is 1.59. The molecule has 0 bridgehead atoms. The van der Waals surface area contributed by atoms with Gasteiger partial charge in [0.15, 0.2) is 11.4 Å². The van der Waals surface area contributed by atoms with Gasteiger partial charge in [-0.3, -0.25) is 0 Å². The zero-order valence-corrected chi connectivity index (χ0v) is 9.04. The number of alkyl halides is 3. The molecule has 1 unspecified atom stereocenters. The van der Waals surface area contributed by atoms with Gasteiger partial charge in [-0.25, -0.2) is 0 Å². The first-order valence-corrected chi connectivity index (χ1v) is 5.02. The lowest BCUT2D eigenvalue weighted by Crippen LogP contribution is -2.49. The van der Waals surface area contributed by atoms with Crippen LogP contribution in [-0.4, -0.2) is 20.9 Å². The monoisotopic (exact) mass is 234 g/mol. The maximum absolute atomic E-state index is 12.8. The molecule has 2 N–H and O–H groups in total. The number of rotatable bonds is 2. The third-order valence-corrected chi connectivity index (χ3v) is 2.83. The lowest BCUT2D eigenvalue weighted by molar-refractivity contribution is -0.187. The van der Waals surface area contributed by atoms with E-state index in [0.717, 1.165) is 19.8 Å². The summed E-state index contributed by atoms with van der Waals surface area (Å²) in [6, 6.07) is 0.0789. The molecule has 7 heteroatoms. The molecule has 1 aliphatic carbocycles. The molecule has 0 aromatic carbocycles. The molecule has 1 saturated carbocycles. The Labute approximate surface area is 90.6 Å². The minimum atomic E-state index is -4.53. The van der Waals surface area contributed by atoms with Gasteiger partial charge in [0.1, 0.15) is 5.82 Å². The van der Waals surface area contributed by atoms with Crippen molar-refractivity contribution in [3.63, 3.8) is 0 Å². The van der Waals surface area contributed by atoms with Crippen molar-refractivity contribution in [2.24, 2.45) is 5.73 Å². The summed E-state index contributed by atoms with van der Waals surface area (Å²) in [5.41, 5.74) is 2.90. The minimum absolute atomic E-state index is 0.0789. The number of aromatic nitrogens is 3. The lowest BCUT2D eigenvalue weighted by Gasteiger charge is -2.27. The Hall–Kier alpha value is -1.11. The molecule has 1 heterocycles. The smallest absolute Gasteiger partial charge is 0.311 e. The molecule has 0 amide bonds. The summed E-state index contributed by atoms with van der Waals surface area (Å²) in [7, 11) is 0. The molecule has 1 fully saturated rings. The predicted octanol–water partition coefficient (Wildman–Crippen LogP) is 1.66. The molecule has 90 valence electrons. The highest BCUT2D eigenvalue weighted by atomic mass is 19.4. The average molecular weight is 234 g/mol. The zero-order chi connectivity index (χ0) is 12.1. The molecule has 0 spiro atoms. The van der Waals surface area contributed by atoms with E-state index in [1.54, 1.807) is 6.92 Å². The van der Waals surface area contributed by atoms with Crippen molar-refractivity contribution in [3.05, 3.63) is 11.6 Å². The second kappa shape index (κ2) is 3.19. The maximum atomic E-state index is 12.8. The summed E-state index contributed by atoms with van der Waals surface area (Å²) < 4.78 is 39.9. The van der Waals surface area contributed by atoms with Gasteiger partial charge in [-0.1, -0.05) is 0 Å². The highest BCUT2D eigenvalue weighted by Gasteiger charge is 2.53. The van der Waals surface area contributed by atoms with Crippen LogP contribution in [0.25, 0.3) is 0 Å². The summed E-state index contributed by atoms with van der Waals surface area (Å²) in [5.74, 6) is 0.290. The molecular weight excluding hydrogens is 221 g/mol. The van der Waals surface area contributed by atoms with E-state index >= 15 is 0 Å². The second-order valence-electron chi connectivity index (χ2n) is 4.37. The molecule has 1 atom stereocenters. The number of nitrogens with two attached hydrogens (primary N) is 1. The van der Waals surface area contributed by atoms with Crippen LogP contribution in [0, 0.1) is 6.92 Å². The van der Waals surface area contributed by atoms with Gasteiger partial charge < -0.3 is 10.3 Å². The van der Waals surface area contributed by atoms with Gasteiger partial charge in [0.2, 0.25) is 0 Å². The average Bonchev–Trinajstić information content (AvgIpc) is 2.88. The second-order valence-corrected chi connectivity index (χ2v) is 4.37. The summed E-state index contributed by atoms with van der Waals surface area (Å²) >= 11 is 0. The SMILES string of the molecule is Cc1nnc(C(C)(N)C(F)(F)F)n1C1CC1. The van der Waals surface area contributed by atoms with Gasteiger partial charge in [-0.2, -0.15) is 13.2 Å². The Morgan fingerprint density at radius 3 is 2.31 bits per heavy atom. The summed E-state index contributed by atoms with van der Waals surface area (Å²) in [6.45, 7) is 2.57. The van der Waals surface area contributed by atoms with Gasteiger partial charge in [0.05, 0.1) is 0 Å². The van der Waals surface area contributed by atoms with E-state index < -0.39 is 11.7 Å². The van der Waals surface area contributed by atoms with Crippen LogP contribution in [0.15, 0.2) is 0 Å². The van der Waals surface area contributed by atoms with Gasteiger partial charge in [0, 0.05) is 6.04 Å². The molecule has 16 heavy (non-hydrogen) atoms. The standard InChI is InChI=1S/C9H13F3N4/c1-5-14-15-7(16(5)6-3-4-6)8(2,13)9(10,11)12/h6H,3-4,13H2,1-2H3. The third-order valence-electron chi connectivity index (χ3n) is 2.83. The van der Waals surface area contributed by atoms with Gasteiger partial charge in [-0.15, -0.1) is 10.2 Å². The van der Waals surface area contributed by atoms with E-state index in [1.165, 1.54) is 4.57 Å². The Balaban J connectivity index is 2.47. The number of halogens is 3. The summed E-state index contributed by atoms with van der Waals surface area (Å²) in [5, 5.41) is 7.27. The van der Waals surface area contributed by atoms with Crippen LogP contribution in [0.2, 0.25) is 0 Å². The van der Waals surface area contributed by atoms with Crippen LogP contribution < -0.4 is 5.73 Å². The fraction of sp³-hybridized carbons (Fsp3) is 0.778. The Kier molecular flexibility index (Phi) is 2.27. The number of hydrogen-bond acceptors (Lipinski definition) is 3. The molecular formula is C9H13F3N4. The molecule has 2 rings (SSSR count). The highest BCUT2D eigenvalue weighted by molar-refractivity contribution is 5.13. The normalized spacial score (nSPS) is 20.9.